The first-order valence-electron chi connectivity index (χ1n) is 7.45. The van der Waals surface area contributed by atoms with E-state index in [1.807, 2.05) is 0 Å². The second kappa shape index (κ2) is 5.40. The summed E-state index contributed by atoms with van der Waals surface area (Å²) in [5.41, 5.74) is 1.07. The summed E-state index contributed by atoms with van der Waals surface area (Å²) in [5.74, 6) is -2.51. The maximum absolute atomic E-state index is 13.3. The lowest BCUT2D eigenvalue weighted by Crippen LogP contribution is -2.40. The van der Waals surface area contributed by atoms with Gasteiger partial charge in [-0.25, -0.2) is 13.8 Å². The second-order valence-electron chi connectivity index (χ2n) is 5.98. The molecule has 122 valence electrons. The van der Waals surface area contributed by atoms with Crippen molar-refractivity contribution in [3.8, 4) is 0 Å². The Kier molecular flexibility index (Phi) is 3.66. The fourth-order valence-corrected chi connectivity index (χ4v) is 2.81. The number of aromatic nitrogens is 2. The molecule has 0 spiro atoms. The van der Waals surface area contributed by atoms with E-state index in [1.54, 1.807) is 24.1 Å². The summed E-state index contributed by atoms with van der Waals surface area (Å²) >= 11 is 0. The Morgan fingerprint density at radius 2 is 1.91 bits per heavy atom. The van der Waals surface area contributed by atoms with Crippen LogP contribution in [0.1, 0.15) is 35.7 Å². The Balaban J connectivity index is 2.11. The van der Waals surface area contributed by atoms with Crippen LogP contribution in [0.15, 0.2) is 23.1 Å². The number of hydrogen-bond acceptors (Lipinski definition) is 4. The molecule has 3 rings (SSSR count). The molecule has 1 aliphatic heterocycles. The zero-order valence-corrected chi connectivity index (χ0v) is 13.0. The molecule has 1 aliphatic rings. The third kappa shape index (κ3) is 2.95. The maximum atomic E-state index is 13.3. The van der Waals surface area contributed by atoms with Crippen LogP contribution in [-0.2, 0) is 0 Å². The number of anilines is 1. The van der Waals surface area contributed by atoms with Crippen LogP contribution >= 0.6 is 0 Å². The van der Waals surface area contributed by atoms with E-state index in [1.165, 1.54) is 17.4 Å². The van der Waals surface area contributed by atoms with Crippen LogP contribution in [0.25, 0.3) is 5.65 Å². The van der Waals surface area contributed by atoms with Crippen molar-refractivity contribution in [3.05, 3.63) is 39.8 Å². The summed E-state index contributed by atoms with van der Waals surface area (Å²) in [7, 11) is 0. The first kappa shape index (κ1) is 15.6. The molecular formula is C16H17F2N3O2. The zero-order valence-electron chi connectivity index (χ0n) is 13.0. The standard InChI is InChI=1S/C16H17F2N3O2/c1-10-7-12(11(2)22)15-19-13(8-14(23)21(15)9-10)20-5-3-16(17,18)4-6-20/h7-9H,3-6H2,1-2H3. The van der Waals surface area contributed by atoms with Crippen LogP contribution in [0, 0.1) is 6.92 Å². The van der Waals surface area contributed by atoms with E-state index >= 15 is 0 Å². The molecule has 0 atom stereocenters. The number of carbonyl (C=O) groups is 1. The van der Waals surface area contributed by atoms with E-state index in [4.69, 9.17) is 0 Å². The van der Waals surface area contributed by atoms with Crippen molar-refractivity contribution in [1.29, 1.82) is 0 Å². The van der Waals surface area contributed by atoms with Crippen LogP contribution in [0.2, 0.25) is 0 Å². The quantitative estimate of drug-likeness (QED) is 0.797. The minimum Gasteiger partial charge on any atom is -0.356 e. The molecule has 5 nitrogen and oxygen atoms in total. The smallest absolute Gasteiger partial charge is 0.259 e. The van der Waals surface area contributed by atoms with Gasteiger partial charge in [0.05, 0.1) is 5.56 Å². The summed E-state index contributed by atoms with van der Waals surface area (Å²) in [6.45, 7) is 3.47. The molecule has 0 aromatic carbocycles. The number of alkyl halides is 2. The molecule has 2 aromatic rings. The molecule has 0 unspecified atom stereocenters. The van der Waals surface area contributed by atoms with Gasteiger partial charge in [0.2, 0.25) is 0 Å². The number of nitrogens with zero attached hydrogens (tertiary/aromatic N) is 3. The highest BCUT2D eigenvalue weighted by atomic mass is 19.3. The Bertz CT molecular complexity index is 835. The van der Waals surface area contributed by atoms with Gasteiger partial charge in [-0.15, -0.1) is 0 Å². The van der Waals surface area contributed by atoms with E-state index in [-0.39, 0.29) is 42.9 Å². The molecule has 7 heteroatoms. The molecule has 0 aliphatic carbocycles. The number of ketones is 1. The fourth-order valence-electron chi connectivity index (χ4n) is 2.81. The third-order valence-electron chi connectivity index (χ3n) is 4.08. The van der Waals surface area contributed by atoms with Gasteiger partial charge in [0, 0.05) is 38.2 Å². The summed E-state index contributed by atoms with van der Waals surface area (Å²) in [6, 6.07) is 3.01. The number of aryl methyl sites for hydroxylation is 1. The summed E-state index contributed by atoms with van der Waals surface area (Å²) in [4.78, 5) is 30.2. The summed E-state index contributed by atoms with van der Waals surface area (Å²) < 4.78 is 27.9. The lowest BCUT2D eigenvalue weighted by Gasteiger charge is -2.32. The van der Waals surface area contributed by atoms with Crippen molar-refractivity contribution in [2.45, 2.75) is 32.6 Å². The normalized spacial score (nSPS) is 17.5. The molecule has 0 bridgehead atoms. The topological polar surface area (TPSA) is 54.7 Å². The van der Waals surface area contributed by atoms with Crippen molar-refractivity contribution in [1.82, 2.24) is 9.38 Å². The molecule has 3 heterocycles. The highest BCUT2D eigenvalue weighted by Crippen LogP contribution is 2.29. The van der Waals surface area contributed by atoms with Gasteiger partial charge in [0.1, 0.15) is 5.82 Å². The van der Waals surface area contributed by atoms with Crippen molar-refractivity contribution in [2.75, 3.05) is 18.0 Å². The Morgan fingerprint density at radius 3 is 2.52 bits per heavy atom. The second-order valence-corrected chi connectivity index (χ2v) is 5.98. The van der Waals surface area contributed by atoms with Crippen molar-refractivity contribution < 1.29 is 13.6 Å². The van der Waals surface area contributed by atoms with Crippen molar-refractivity contribution in [3.63, 3.8) is 0 Å². The van der Waals surface area contributed by atoms with E-state index in [9.17, 15) is 18.4 Å². The van der Waals surface area contributed by atoms with Crippen molar-refractivity contribution in [2.24, 2.45) is 0 Å². The van der Waals surface area contributed by atoms with Crippen LogP contribution < -0.4 is 10.5 Å². The highest BCUT2D eigenvalue weighted by Gasteiger charge is 2.34. The Labute approximate surface area is 131 Å². The molecular weight excluding hydrogens is 304 g/mol. The number of fused-ring (bicyclic) bond motifs is 1. The first-order chi connectivity index (χ1) is 10.8. The minimum absolute atomic E-state index is 0.136. The molecule has 2 aromatic heterocycles. The van der Waals surface area contributed by atoms with E-state index in [0.717, 1.165) is 5.56 Å². The lowest BCUT2D eigenvalue weighted by atomic mass is 10.1. The summed E-state index contributed by atoms with van der Waals surface area (Å²) in [5, 5.41) is 0. The van der Waals surface area contributed by atoms with Crippen LogP contribution in [0.3, 0.4) is 0 Å². The Morgan fingerprint density at radius 1 is 1.26 bits per heavy atom. The highest BCUT2D eigenvalue weighted by molar-refractivity contribution is 6.00. The number of rotatable bonds is 2. The number of carbonyl (C=O) groups excluding carboxylic acids is 1. The number of hydrogen-bond donors (Lipinski definition) is 0. The average molecular weight is 321 g/mol. The molecule has 1 fully saturated rings. The molecule has 0 N–H and O–H groups in total. The van der Waals surface area contributed by atoms with Gasteiger partial charge in [0.15, 0.2) is 11.4 Å². The monoisotopic (exact) mass is 321 g/mol. The fraction of sp³-hybridized carbons (Fsp3) is 0.438. The first-order valence-corrected chi connectivity index (χ1v) is 7.45. The number of piperidine rings is 1. The van der Waals surface area contributed by atoms with Crippen molar-refractivity contribution >= 4 is 17.2 Å². The lowest BCUT2D eigenvalue weighted by molar-refractivity contribution is -0.0221. The van der Waals surface area contributed by atoms with Gasteiger partial charge in [-0.3, -0.25) is 14.0 Å². The van der Waals surface area contributed by atoms with E-state index < -0.39 is 5.92 Å². The van der Waals surface area contributed by atoms with Crippen LogP contribution in [0.5, 0.6) is 0 Å². The predicted octanol–water partition coefficient (Wildman–Crippen LogP) is 2.44. The number of pyridine rings is 1. The molecule has 0 radical (unpaired) electrons. The third-order valence-corrected chi connectivity index (χ3v) is 4.08. The summed E-state index contributed by atoms with van der Waals surface area (Å²) in [6.07, 6.45) is 1.09. The molecule has 0 saturated carbocycles. The Hall–Kier alpha value is -2.31. The SMILES string of the molecule is CC(=O)c1cc(C)cn2c(=O)cc(N3CCC(F)(F)CC3)nc12. The van der Waals surface area contributed by atoms with Crippen LogP contribution in [-0.4, -0.2) is 34.2 Å². The van der Waals surface area contributed by atoms with Crippen LogP contribution in [0.4, 0.5) is 14.6 Å². The van der Waals surface area contributed by atoms with E-state index in [2.05, 4.69) is 4.98 Å². The molecule has 1 saturated heterocycles. The van der Waals surface area contributed by atoms with Gasteiger partial charge in [-0.2, -0.15) is 0 Å². The zero-order chi connectivity index (χ0) is 16.8. The number of halogens is 2. The minimum atomic E-state index is -2.66. The van der Waals surface area contributed by atoms with Gasteiger partial charge in [-0.1, -0.05) is 0 Å². The predicted molar refractivity (Wildman–Crippen MR) is 82.6 cm³/mol. The average Bonchev–Trinajstić information content (AvgIpc) is 2.47. The molecule has 23 heavy (non-hydrogen) atoms. The largest absolute Gasteiger partial charge is 0.356 e. The van der Waals surface area contributed by atoms with E-state index in [0.29, 0.717) is 11.4 Å². The maximum Gasteiger partial charge on any atom is 0.259 e. The van der Waals surface area contributed by atoms with Gasteiger partial charge in [-0.05, 0) is 25.5 Å². The van der Waals surface area contributed by atoms with Gasteiger partial charge in [0.25, 0.3) is 11.5 Å². The van der Waals surface area contributed by atoms with Gasteiger partial charge >= 0.3 is 0 Å². The number of Topliss-reactive ketones (excluding diaryl/α,β-unsaturated/α-hetero) is 1. The molecule has 0 amide bonds. The van der Waals surface area contributed by atoms with Gasteiger partial charge < -0.3 is 4.90 Å².